The van der Waals surface area contributed by atoms with E-state index in [2.05, 4.69) is 15.0 Å². The highest BCUT2D eigenvalue weighted by molar-refractivity contribution is 7.13. The SMILES string of the molecule is Clc1cc(-c2cccs2)c2ncncc2n1. The van der Waals surface area contributed by atoms with Crippen LogP contribution in [0.3, 0.4) is 0 Å². The van der Waals surface area contributed by atoms with Gasteiger partial charge in [0.25, 0.3) is 0 Å². The highest BCUT2D eigenvalue weighted by atomic mass is 35.5. The topological polar surface area (TPSA) is 38.7 Å². The fourth-order valence-corrected chi connectivity index (χ4v) is 2.51. The van der Waals surface area contributed by atoms with Gasteiger partial charge in [-0.1, -0.05) is 17.7 Å². The van der Waals surface area contributed by atoms with Gasteiger partial charge >= 0.3 is 0 Å². The molecule has 0 amide bonds. The van der Waals surface area contributed by atoms with Gasteiger partial charge < -0.3 is 0 Å². The van der Waals surface area contributed by atoms with Gasteiger partial charge in [-0.3, -0.25) is 0 Å². The van der Waals surface area contributed by atoms with Crippen molar-refractivity contribution in [3.05, 3.63) is 41.3 Å². The summed E-state index contributed by atoms with van der Waals surface area (Å²) in [5, 5.41) is 2.49. The molecule has 0 radical (unpaired) electrons. The average molecular weight is 248 g/mol. The molecule has 78 valence electrons. The van der Waals surface area contributed by atoms with Gasteiger partial charge in [0.2, 0.25) is 0 Å². The summed E-state index contributed by atoms with van der Waals surface area (Å²) < 4.78 is 0. The Morgan fingerprint density at radius 2 is 2.25 bits per heavy atom. The number of fused-ring (bicyclic) bond motifs is 1. The van der Waals surface area contributed by atoms with Crippen LogP contribution in [0.25, 0.3) is 21.5 Å². The third kappa shape index (κ3) is 1.56. The van der Waals surface area contributed by atoms with Gasteiger partial charge in [0.15, 0.2) is 0 Å². The van der Waals surface area contributed by atoms with Crippen LogP contribution in [0.1, 0.15) is 0 Å². The highest BCUT2D eigenvalue weighted by Crippen LogP contribution is 2.31. The number of pyridine rings is 1. The lowest BCUT2D eigenvalue weighted by atomic mass is 10.2. The summed E-state index contributed by atoms with van der Waals surface area (Å²) in [5.74, 6) is 0. The van der Waals surface area contributed by atoms with E-state index in [-0.39, 0.29) is 0 Å². The molecule has 5 heteroatoms. The molecule has 0 spiro atoms. The van der Waals surface area contributed by atoms with Crippen molar-refractivity contribution in [3.63, 3.8) is 0 Å². The largest absolute Gasteiger partial charge is 0.243 e. The normalized spacial score (nSPS) is 10.8. The number of thiophene rings is 1. The molecule has 3 heterocycles. The van der Waals surface area contributed by atoms with E-state index < -0.39 is 0 Å². The Morgan fingerprint density at radius 3 is 3.06 bits per heavy atom. The Kier molecular flexibility index (Phi) is 2.31. The second-order valence-corrected chi connectivity index (χ2v) is 4.56. The first-order valence-corrected chi connectivity index (χ1v) is 5.90. The maximum Gasteiger partial charge on any atom is 0.130 e. The number of aromatic nitrogens is 3. The van der Waals surface area contributed by atoms with E-state index in [4.69, 9.17) is 11.6 Å². The number of hydrogen-bond donors (Lipinski definition) is 0. The molecule has 0 aromatic carbocycles. The van der Waals surface area contributed by atoms with Gasteiger partial charge in [0, 0.05) is 10.4 Å². The molecule has 0 aliphatic heterocycles. The van der Waals surface area contributed by atoms with Crippen molar-refractivity contribution in [1.29, 1.82) is 0 Å². The van der Waals surface area contributed by atoms with Crippen molar-refractivity contribution in [1.82, 2.24) is 15.0 Å². The summed E-state index contributed by atoms with van der Waals surface area (Å²) in [6, 6.07) is 5.88. The van der Waals surface area contributed by atoms with Crippen molar-refractivity contribution in [2.24, 2.45) is 0 Å². The van der Waals surface area contributed by atoms with Gasteiger partial charge in [0.05, 0.1) is 6.20 Å². The smallest absolute Gasteiger partial charge is 0.130 e. The van der Waals surface area contributed by atoms with E-state index in [9.17, 15) is 0 Å². The monoisotopic (exact) mass is 247 g/mol. The van der Waals surface area contributed by atoms with Crippen LogP contribution in [0, 0.1) is 0 Å². The number of nitrogens with zero attached hydrogens (tertiary/aromatic N) is 3. The van der Waals surface area contributed by atoms with Crippen molar-refractivity contribution < 1.29 is 0 Å². The quantitative estimate of drug-likeness (QED) is 0.619. The molecule has 0 bridgehead atoms. The zero-order chi connectivity index (χ0) is 11.0. The van der Waals surface area contributed by atoms with Crippen LogP contribution < -0.4 is 0 Å². The predicted molar refractivity (Wildman–Crippen MR) is 65.7 cm³/mol. The van der Waals surface area contributed by atoms with Crippen molar-refractivity contribution in [2.45, 2.75) is 0 Å². The molecule has 0 aliphatic rings. The minimum Gasteiger partial charge on any atom is -0.243 e. The molecule has 0 aliphatic carbocycles. The molecule has 0 N–H and O–H groups in total. The second kappa shape index (κ2) is 3.81. The van der Waals surface area contributed by atoms with Crippen molar-refractivity contribution >= 4 is 34.0 Å². The average Bonchev–Trinajstić information content (AvgIpc) is 2.81. The van der Waals surface area contributed by atoms with Crippen LogP contribution in [0.2, 0.25) is 5.15 Å². The minimum absolute atomic E-state index is 0.464. The molecular weight excluding hydrogens is 242 g/mol. The van der Waals surface area contributed by atoms with Gasteiger partial charge in [-0.2, -0.15) is 0 Å². The van der Waals surface area contributed by atoms with Crippen molar-refractivity contribution in [3.8, 4) is 10.4 Å². The van der Waals surface area contributed by atoms with Gasteiger partial charge in [0.1, 0.15) is 22.5 Å². The molecule has 3 aromatic rings. The Labute approximate surface area is 101 Å². The Morgan fingerprint density at radius 1 is 1.31 bits per heavy atom. The van der Waals surface area contributed by atoms with E-state index in [1.807, 2.05) is 23.6 Å². The number of halogens is 1. The lowest BCUT2D eigenvalue weighted by molar-refractivity contribution is 1.20. The van der Waals surface area contributed by atoms with Gasteiger partial charge in [-0.05, 0) is 17.5 Å². The first kappa shape index (κ1) is 9.69. The zero-order valence-corrected chi connectivity index (χ0v) is 9.66. The molecule has 0 saturated carbocycles. The maximum atomic E-state index is 5.98. The standard InChI is InChI=1S/C11H6ClN3S/c12-10-4-7(9-2-1-3-16-9)11-8(15-10)5-13-6-14-11/h1-6H. The first-order valence-electron chi connectivity index (χ1n) is 4.65. The van der Waals surface area contributed by atoms with E-state index in [0.717, 1.165) is 21.5 Å². The molecule has 3 rings (SSSR count). The van der Waals surface area contributed by atoms with Crippen LogP contribution in [0.5, 0.6) is 0 Å². The van der Waals surface area contributed by atoms with E-state index in [1.54, 1.807) is 17.5 Å². The summed E-state index contributed by atoms with van der Waals surface area (Å²) in [4.78, 5) is 13.5. The number of rotatable bonds is 1. The Balaban J connectivity index is 2.39. The maximum absolute atomic E-state index is 5.98. The zero-order valence-electron chi connectivity index (χ0n) is 8.09. The minimum atomic E-state index is 0.464. The predicted octanol–water partition coefficient (Wildman–Crippen LogP) is 3.41. The molecule has 0 atom stereocenters. The fraction of sp³-hybridized carbons (Fsp3) is 0. The lowest BCUT2D eigenvalue weighted by Gasteiger charge is -2.03. The highest BCUT2D eigenvalue weighted by Gasteiger charge is 2.08. The van der Waals surface area contributed by atoms with Crippen LogP contribution in [0.15, 0.2) is 36.1 Å². The molecule has 0 unspecified atom stereocenters. The van der Waals surface area contributed by atoms with Gasteiger partial charge in [-0.15, -0.1) is 11.3 Å². The molecule has 3 aromatic heterocycles. The third-order valence-electron chi connectivity index (χ3n) is 2.23. The Bertz CT molecular complexity index is 637. The Hall–Kier alpha value is -1.52. The molecule has 0 fully saturated rings. The van der Waals surface area contributed by atoms with Crippen molar-refractivity contribution in [2.75, 3.05) is 0 Å². The fourth-order valence-electron chi connectivity index (χ4n) is 1.57. The molecule has 3 nitrogen and oxygen atoms in total. The summed E-state index contributed by atoms with van der Waals surface area (Å²) in [7, 11) is 0. The number of hydrogen-bond acceptors (Lipinski definition) is 4. The third-order valence-corrected chi connectivity index (χ3v) is 3.32. The molecular formula is C11H6ClN3S. The lowest BCUT2D eigenvalue weighted by Crippen LogP contribution is -1.88. The van der Waals surface area contributed by atoms with E-state index in [0.29, 0.717) is 5.15 Å². The summed E-state index contributed by atoms with van der Waals surface area (Å²) in [6.45, 7) is 0. The summed E-state index contributed by atoms with van der Waals surface area (Å²) in [5.41, 5.74) is 2.56. The second-order valence-electron chi connectivity index (χ2n) is 3.23. The van der Waals surface area contributed by atoms with Gasteiger partial charge in [-0.25, -0.2) is 15.0 Å². The van der Waals surface area contributed by atoms with E-state index >= 15 is 0 Å². The summed E-state index contributed by atoms with van der Waals surface area (Å²) in [6.07, 6.45) is 3.19. The molecule has 16 heavy (non-hydrogen) atoms. The van der Waals surface area contributed by atoms with Crippen LogP contribution in [0.4, 0.5) is 0 Å². The first-order chi connectivity index (χ1) is 7.84. The van der Waals surface area contributed by atoms with Crippen LogP contribution in [-0.2, 0) is 0 Å². The molecule has 0 saturated heterocycles. The summed E-state index contributed by atoms with van der Waals surface area (Å²) >= 11 is 7.63. The van der Waals surface area contributed by atoms with Crippen LogP contribution in [-0.4, -0.2) is 15.0 Å². The van der Waals surface area contributed by atoms with E-state index in [1.165, 1.54) is 6.33 Å². The van der Waals surface area contributed by atoms with Crippen LogP contribution >= 0.6 is 22.9 Å².